The van der Waals surface area contributed by atoms with Crippen molar-refractivity contribution in [3.05, 3.63) is 255 Å². The molecule has 2 heteroatoms. The lowest BCUT2D eigenvalue weighted by Gasteiger charge is -2.31. The molecule has 2 nitrogen and oxygen atoms in total. The molecule has 1 aromatic heterocycles. The Balaban J connectivity index is 1.16. The van der Waals surface area contributed by atoms with Crippen molar-refractivity contribution in [2.24, 2.45) is 0 Å². The lowest BCUT2D eigenvalue weighted by Crippen LogP contribution is -2.13. The fourth-order valence-corrected chi connectivity index (χ4v) is 9.28. The highest BCUT2D eigenvalue weighted by atomic mass is 15.1. The van der Waals surface area contributed by atoms with Crippen LogP contribution in [0, 0.1) is 0 Å². The third kappa shape index (κ3) is 6.56. The molecule has 292 valence electrons. The van der Waals surface area contributed by atoms with E-state index in [0.717, 1.165) is 45.0 Å². The Bertz CT molecular complexity index is 3280. The van der Waals surface area contributed by atoms with E-state index in [9.17, 15) is 0 Å². The van der Waals surface area contributed by atoms with Crippen molar-refractivity contribution >= 4 is 38.9 Å². The summed E-state index contributed by atoms with van der Waals surface area (Å²) < 4.78 is 2.39. The van der Waals surface area contributed by atoms with Gasteiger partial charge in [-0.25, -0.2) is 0 Å². The third-order valence-electron chi connectivity index (χ3n) is 12.0. The number of hydrogen-bond donors (Lipinski definition) is 0. The first kappa shape index (κ1) is 36.8. The molecule has 0 saturated carbocycles. The fourth-order valence-electron chi connectivity index (χ4n) is 9.28. The van der Waals surface area contributed by atoms with Crippen LogP contribution in [-0.2, 0) is 0 Å². The van der Waals surface area contributed by atoms with Gasteiger partial charge in [0.2, 0.25) is 0 Å². The molecule has 0 amide bonds. The number of para-hydroxylation sites is 4. The Morgan fingerprint density at radius 2 is 0.661 bits per heavy atom. The molecule has 0 bridgehead atoms. The zero-order chi connectivity index (χ0) is 41.2. The van der Waals surface area contributed by atoms with Crippen LogP contribution in [0.4, 0.5) is 17.1 Å². The largest absolute Gasteiger partial charge is 0.309 e. The van der Waals surface area contributed by atoms with Crippen LogP contribution in [0.1, 0.15) is 0 Å². The van der Waals surface area contributed by atoms with Crippen molar-refractivity contribution in [2.45, 2.75) is 0 Å². The Kier molecular flexibility index (Phi) is 9.57. The first-order valence-electron chi connectivity index (χ1n) is 21.3. The maximum Gasteiger partial charge on any atom is 0.0541 e. The fraction of sp³-hybridized carbons (Fsp3) is 0. The standard InChI is InChI=1S/C60H42N2/c1-4-21-43(22-5-1)48-27-10-11-32-54(48)60-50(45-25-8-3-9-26-45)33-20-34-55(60)53-31-15-19-38-59(53)61(56-35-16-12-28-49(56)44-23-6-2-7-24-44)46-39-41-47(42-40-46)62-57-36-17-13-29-51(57)52-30-14-18-37-58(52)62/h1-42H. The summed E-state index contributed by atoms with van der Waals surface area (Å²) in [5.74, 6) is 0. The summed E-state index contributed by atoms with van der Waals surface area (Å²) in [6.07, 6.45) is 0. The number of hydrogen-bond acceptors (Lipinski definition) is 1. The lowest BCUT2D eigenvalue weighted by molar-refractivity contribution is 1.17. The van der Waals surface area contributed by atoms with E-state index in [1.165, 1.54) is 55.2 Å². The second kappa shape index (κ2) is 16.1. The summed E-state index contributed by atoms with van der Waals surface area (Å²) in [5.41, 5.74) is 18.5. The molecule has 0 fully saturated rings. The normalized spacial score (nSPS) is 11.2. The van der Waals surface area contributed by atoms with Gasteiger partial charge in [0.05, 0.1) is 22.4 Å². The molecule has 0 atom stereocenters. The molecule has 1 heterocycles. The highest BCUT2D eigenvalue weighted by Crippen LogP contribution is 2.49. The smallest absolute Gasteiger partial charge is 0.0541 e. The van der Waals surface area contributed by atoms with Gasteiger partial charge in [0, 0.05) is 33.3 Å². The van der Waals surface area contributed by atoms with Crippen LogP contribution in [0.25, 0.3) is 83.1 Å². The molecule has 11 aromatic rings. The third-order valence-corrected chi connectivity index (χ3v) is 12.0. The van der Waals surface area contributed by atoms with E-state index in [1.807, 2.05) is 0 Å². The predicted octanol–water partition coefficient (Wildman–Crippen LogP) is 16.6. The monoisotopic (exact) mass is 790 g/mol. The van der Waals surface area contributed by atoms with Gasteiger partial charge in [-0.3, -0.25) is 0 Å². The van der Waals surface area contributed by atoms with Gasteiger partial charge < -0.3 is 9.47 Å². The molecule has 0 unspecified atom stereocenters. The van der Waals surface area contributed by atoms with Gasteiger partial charge in [0.25, 0.3) is 0 Å². The highest BCUT2D eigenvalue weighted by molar-refractivity contribution is 6.09. The Morgan fingerprint density at radius 1 is 0.258 bits per heavy atom. The van der Waals surface area contributed by atoms with E-state index in [4.69, 9.17) is 0 Å². The van der Waals surface area contributed by atoms with Gasteiger partial charge in [0.15, 0.2) is 0 Å². The van der Waals surface area contributed by atoms with Crippen LogP contribution >= 0.6 is 0 Å². The summed E-state index contributed by atoms with van der Waals surface area (Å²) in [6, 6.07) is 92.1. The maximum atomic E-state index is 2.45. The van der Waals surface area contributed by atoms with Crippen LogP contribution in [0.2, 0.25) is 0 Å². The molecule has 0 aliphatic rings. The average Bonchev–Trinajstić information content (AvgIpc) is 3.70. The predicted molar refractivity (Wildman–Crippen MR) is 263 cm³/mol. The van der Waals surface area contributed by atoms with Crippen LogP contribution in [0.3, 0.4) is 0 Å². The zero-order valence-corrected chi connectivity index (χ0v) is 34.1. The molecule has 11 rings (SSSR count). The number of nitrogens with zero attached hydrogens (tertiary/aromatic N) is 2. The van der Waals surface area contributed by atoms with Crippen molar-refractivity contribution in [2.75, 3.05) is 4.90 Å². The van der Waals surface area contributed by atoms with Gasteiger partial charge in [0.1, 0.15) is 0 Å². The second-order valence-electron chi connectivity index (χ2n) is 15.6. The molecule has 0 spiro atoms. The van der Waals surface area contributed by atoms with Gasteiger partial charge in [-0.15, -0.1) is 0 Å². The molecule has 62 heavy (non-hydrogen) atoms. The molecular formula is C60H42N2. The maximum absolute atomic E-state index is 2.45. The van der Waals surface area contributed by atoms with E-state index in [0.29, 0.717) is 0 Å². The Morgan fingerprint density at radius 3 is 1.26 bits per heavy atom. The number of benzene rings is 10. The summed E-state index contributed by atoms with van der Waals surface area (Å²) in [5, 5.41) is 2.50. The summed E-state index contributed by atoms with van der Waals surface area (Å²) in [4.78, 5) is 2.45. The van der Waals surface area contributed by atoms with Crippen molar-refractivity contribution in [3.8, 4) is 61.3 Å². The van der Waals surface area contributed by atoms with Crippen LogP contribution in [0.5, 0.6) is 0 Å². The number of anilines is 3. The minimum atomic E-state index is 1.07. The molecule has 0 radical (unpaired) electrons. The van der Waals surface area contributed by atoms with Crippen LogP contribution in [0.15, 0.2) is 255 Å². The Hall–Kier alpha value is -8.20. The first-order valence-corrected chi connectivity index (χ1v) is 21.3. The minimum Gasteiger partial charge on any atom is -0.309 e. The molecule has 0 saturated heterocycles. The number of aromatic nitrogens is 1. The number of fused-ring (bicyclic) bond motifs is 3. The van der Waals surface area contributed by atoms with E-state index in [1.54, 1.807) is 0 Å². The van der Waals surface area contributed by atoms with Gasteiger partial charge in [-0.2, -0.15) is 0 Å². The lowest BCUT2D eigenvalue weighted by atomic mass is 9.84. The van der Waals surface area contributed by atoms with E-state index in [2.05, 4.69) is 264 Å². The van der Waals surface area contributed by atoms with Gasteiger partial charge in [-0.1, -0.05) is 206 Å². The van der Waals surface area contributed by atoms with Gasteiger partial charge >= 0.3 is 0 Å². The summed E-state index contributed by atoms with van der Waals surface area (Å²) in [7, 11) is 0. The van der Waals surface area contributed by atoms with E-state index >= 15 is 0 Å². The van der Waals surface area contributed by atoms with Crippen molar-refractivity contribution in [3.63, 3.8) is 0 Å². The average molecular weight is 791 g/mol. The Labute approximate surface area is 362 Å². The SMILES string of the molecule is c1ccc(-c2ccccc2-c2c(-c3ccccc3)cccc2-c2ccccc2N(c2ccc(-n3c4ccccc4c4ccccc43)cc2)c2ccccc2-c2ccccc2)cc1. The quantitative estimate of drug-likeness (QED) is 0.141. The van der Waals surface area contributed by atoms with E-state index in [-0.39, 0.29) is 0 Å². The first-order chi connectivity index (χ1) is 30.8. The topological polar surface area (TPSA) is 8.17 Å². The van der Waals surface area contributed by atoms with Crippen molar-refractivity contribution in [1.29, 1.82) is 0 Å². The second-order valence-corrected chi connectivity index (χ2v) is 15.6. The zero-order valence-electron chi connectivity index (χ0n) is 34.1. The van der Waals surface area contributed by atoms with Crippen LogP contribution < -0.4 is 4.90 Å². The molecule has 0 aliphatic carbocycles. The highest BCUT2D eigenvalue weighted by Gasteiger charge is 2.24. The van der Waals surface area contributed by atoms with Crippen molar-refractivity contribution in [1.82, 2.24) is 4.57 Å². The molecule has 10 aromatic carbocycles. The number of rotatable bonds is 9. The molecule has 0 aliphatic heterocycles. The summed E-state index contributed by atoms with van der Waals surface area (Å²) in [6.45, 7) is 0. The summed E-state index contributed by atoms with van der Waals surface area (Å²) >= 11 is 0. The minimum absolute atomic E-state index is 1.07. The van der Waals surface area contributed by atoms with Gasteiger partial charge in [-0.05, 0) is 93.0 Å². The van der Waals surface area contributed by atoms with E-state index < -0.39 is 0 Å². The van der Waals surface area contributed by atoms with Crippen LogP contribution in [-0.4, -0.2) is 4.57 Å². The van der Waals surface area contributed by atoms with Crippen molar-refractivity contribution < 1.29 is 0 Å². The molecule has 0 N–H and O–H groups in total. The molecular weight excluding hydrogens is 749 g/mol.